The zero-order chi connectivity index (χ0) is 14.7. The molecule has 1 aromatic carbocycles. The third kappa shape index (κ3) is 2.81. The number of halogens is 1. The van der Waals surface area contributed by atoms with Crippen molar-refractivity contribution in [3.05, 3.63) is 57.8 Å². The van der Waals surface area contributed by atoms with Crippen LogP contribution in [0.5, 0.6) is 0 Å². The van der Waals surface area contributed by atoms with Gasteiger partial charge in [-0.3, -0.25) is 14.9 Å². The first-order valence-electron chi connectivity index (χ1n) is 5.55. The molecule has 0 aliphatic carbocycles. The predicted octanol–water partition coefficient (Wildman–Crippen LogP) is 2.04. The van der Waals surface area contributed by atoms with Gasteiger partial charge in [0.25, 0.3) is 5.91 Å². The minimum atomic E-state index is -1.03. The maximum absolute atomic E-state index is 13.4. The largest absolute Gasteiger partial charge is 0.455 e. The van der Waals surface area contributed by atoms with Crippen molar-refractivity contribution in [2.45, 2.75) is 6.54 Å². The van der Waals surface area contributed by atoms with Crippen LogP contribution in [0, 0.1) is 15.9 Å². The van der Waals surface area contributed by atoms with Crippen LogP contribution in [0.4, 0.5) is 15.8 Å². The third-order valence-electron chi connectivity index (χ3n) is 2.49. The molecule has 0 unspecified atom stereocenters. The molecule has 0 radical (unpaired) electrons. The predicted molar refractivity (Wildman–Crippen MR) is 67.6 cm³/mol. The van der Waals surface area contributed by atoms with Gasteiger partial charge < -0.3 is 15.5 Å². The number of nitro groups is 1. The Hall–Kier alpha value is -2.74. The highest BCUT2D eigenvalue weighted by molar-refractivity contribution is 6.02. The normalized spacial score (nSPS) is 10.3. The van der Waals surface area contributed by atoms with Gasteiger partial charge in [-0.15, -0.1) is 0 Å². The van der Waals surface area contributed by atoms with E-state index in [9.17, 15) is 19.3 Å². The van der Waals surface area contributed by atoms with Gasteiger partial charge in [0.1, 0.15) is 5.76 Å². The van der Waals surface area contributed by atoms with Gasteiger partial charge in [-0.1, -0.05) is 0 Å². The molecular weight excluding hydrogens is 269 g/mol. The van der Waals surface area contributed by atoms with E-state index in [0.29, 0.717) is 5.76 Å². The van der Waals surface area contributed by atoms with E-state index in [-0.39, 0.29) is 18.0 Å². The molecule has 0 atom stereocenters. The summed E-state index contributed by atoms with van der Waals surface area (Å²) in [5, 5.41) is 12.8. The summed E-state index contributed by atoms with van der Waals surface area (Å²) in [6.07, 6.45) is 0. The van der Waals surface area contributed by atoms with E-state index in [0.717, 1.165) is 12.1 Å². The van der Waals surface area contributed by atoms with Gasteiger partial charge >= 0.3 is 5.69 Å². The van der Waals surface area contributed by atoms with E-state index in [2.05, 4.69) is 5.32 Å². The Balaban J connectivity index is 2.15. The SMILES string of the molecule is NCc1ccc(C(=O)Nc2ccc([N+](=O)[O-])c(F)c2)o1. The second-order valence-corrected chi connectivity index (χ2v) is 3.85. The average Bonchev–Trinajstić information content (AvgIpc) is 2.87. The molecule has 0 saturated carbocycles. The Kier molecular flexibility index (Phi) is 3.76. The number of nitrogens with two attached hydrogens (primary N) is 1. The quantitative estimate of drug-likeness (QED) is 0.657. The van der Waals surface area contributed by atoms with Gasteiger partial charge in [-0.25, -0.2) is 0 Å². The fourth-order valence-corrected chi connectivity index (χ4v) is 1.54. The van der Waals surface area contributed by atoms with Crippen molar-refractivity contribution in [3.63, 3.8) is 0 Å². The molecule has 2 rings (SSSR count). The second-order valence-electron chi connectivity index (χ2n) is 3.85. The van der Waals surface area contributed by atoms with E-state index in [1.54, 1.807) is 6.07 Å². The van der Waals surface area contributed by atoms with Crippen molar-refractivity contribution in [1.82, 2.24) is 0 Å². The molecule has 8 heteroatoms. The summed E-state index contributed by atoms with van der Waals surface area (Å²) >= 11 is 0. The number of anilines is 1. The van der Waals surface area contributed by atoms with Crippen molar-refractivity contribution in [2.75, 3.05) is 5.32 Å². The lowest BCUT2D eigenvalue weighted by atomic mass is 10.2. The Bertz CT molecular complexity index is 668. The molecule has 0 saturated heterocycles. The van der Waals surface area contributed by atoms with Crippen molar-refractivity contribution in [2.24, 2.45) is 5.73 Å². The van der Waals surface area contributed by atoms with Gasteiger partial charge in [0.15, 0.2) is 5.76 Å². The summed E-state index contributed by atoms with van der Waals surface area (Å²) in [5.41, 5.74) is 4.77. The lowest BCUT2D eigenvalue weighted by molar-refractivity contribution is -0.387. The van der Waals surface area contributed by atoms with Crippen LogP contribution < -0.4 is 11.1 Å². The summed E-state index contributed by atoms with van der Waals surface area (Å²) in [4.78, 5) is 21.4. The monoisotopic (exact) mass is 279 g/mol. The molecule has 20 heavy (non-hydrogen) atoms. The molecule has 0 aliphatic rings. The lowest BCUT2D eigenvalue weighted by Gasteiger charge is -2.03. The summed E-state index contributed by atoms with van der Waals surface area (Å²) in [6.45, 7) is 0.152. The van der Waals surface area contributed by atoms with E-state index in [4.69, 9.17) is 10.2 Å². The first-order chi connectivity index (χ1) is 9.51. The van der Waals surface area contributed by atoms with Crippen LogP contribution in [0.1, 0.15) is 16.3 Å². The van der Waals surface area contributed by atoms with Crippen LogP contribution in [0.3, 0.4) is 0 Å². The minimum absolute atomic E-state index is 0.0178. The molecule has 1 heterocycles. The molecule has 0 fully saturated rings. The zero-order valence-electron chi connectivity index (χ0n) is 10.1. The number of carbonyl (C=O) groups is 1. The first-order valence-corrected chi connectivity index (χ1v) is 5.55. The molecule has 2 aromatic rings. The number of benzene rings is 1. The van der Waals surface area contributed by atoms with Crippen molar-refractivity contribution < 1.29 is 18.5 Å². The Labute approximate surface area is 112 Å². The average molecular weight is 279 g/mol. The van der Waals surface area contributed by atoms with E-state index < -0.39 is 22.3 Å². The van der Waals surface area contributed by atoms with Crippen LogP contribution in [0.2, 0.25) is 0 Å². The van der Waals surface area contributed by atoms with Gasteiger partial charge in [0.05, 0.1) is 11.5 Å². The number of carbonyl (C=O) groups excluding carboxylic acids is 1. The van der Waals surface area contributed by atoms with Gasteiger partial charge in [-0.05, 0) is 18.2 Å². The molecule has 7 nitrogen and oxygen atoms in total. The molecule has 1 aromatic heterocycles. The number of nitrogens with zero attached hydrogens (tertiary/aromatic N) is 1. The zero-order valence-corrected chi connectivity index (χ0v) is 10.1. The second kappa shape index (κ2) is 5.49. The fourth-order valence-electron chi connectivity index (χ4n) is 1.54. The highest BCUT2D eigenvalue weighted by Crippen LogP contribution is 2.21. The number of nitro benzene ring substituents is 1. The standard InChI is InChI=1S/C12H10FN3O4/c13-9-5-7(1-3-10(9)16(18)19)15-12(17)11-4-2-8(6-14)20-11/h1-5H,6,14H2,(H,15,17). The minimum Gasteiger partial charge on any atom is -0.455 e. The molecule has 3 N–H and O–H groups in total. The number of hydrogen-bond acceptors (Lipinski definition) is 5. The number of nitrogens with one attached hydrogen (secondary N) is 1. The Morgan fingerprint density at radius 2 is 2.15 bits per heavy atom. The van der Waals surface area contributed by atoms with Gasteiger partial charge in [0, 0.05) is 17.8 Å². The van der Waals surface area contributed by atoms with Gasteiger partial charge in [0.2, 0.25) is 5.82 Å². The van der Waals surface area contributed by atoms with Crippen LogP contribution in [0.15, 0.2) is 34.7 Å². The number of hydrogen-bond donors (Lipinski definition) is 2. The molecule has 104 valence electrons. The lowest BCUT2D eigenvalue weighted by Crippen LogP contribution is -2.11. The van der Waals surface area contributed by atoms with Crippen molar-refractivity contribution in [3.8, 4) is 0 Å². The first kappa shape index (κ1) is 13.7. The summed E-state index contributed by atoms with van der Waals surface area (Å²) in [5.74, 6) is -1.18. The smallest absolute Gasteiger partial charge is 0.304 e. The Morgan fingerprint density at radius 3 is 2.70 bits per heavy atom. The number of amides is 1. The van der Waals surface area contributed by atoms with E-state index in [1.165, 1.54) is 12.1 Å². The van der Waals surface area contributed by atoms with Crippen LogP contribution in [-0.2, 0) is 6.54 Å². The highest BCUT2D eigenvalue weighted by Gasteiger charge is 2.16. The van der Waals surface area contributed by atoms with Crippen molar-refractivity contribution in [1.29, 1.82) is 0 Å². The van der Waals surface area contributed by atoms with E-state index in [1.807, 2.05) is 0 Å². The number of rotatable bonds is 4. The summed E-state index contributed by atoms with van der Waals surface area (Å²) in [6, 6.07) is 6.04. The summed E-state index contributed by atoms with van der Waals surface area (Å²) in [7, 11) is 0. The van der Waals surface area contributed by atoms with Crippen LogP contribution in [0.25, 0.3) is 0 Å². The molecule has 0 aliphatic heterocycles. The maximum atomic E-state index is 13.4. The molecule has 0 bridgehead atoms. The molecule has 0 spiro atoms. The third-order valence-corrected chi connectivity index (χ3v) is 2.49. The van der Waals surface area contributed by atoms with Crippen molar-refractivity contribution >= 4 is 17.3 Å². The molecule has 1 amide bonds. The Morgan fingerprint density at radius 1 is 1.40 bits per heavy atom. The summed E-state index contributed by atoms with van der Waals surface area (Å²) < 4.78 is 18.5. The van der Waals surface area contributed by atoms with E-state index >= 15 is 0 Å². The molecular formula is C12H10FN3O4. The number of furan rings is 1. The maximum Gasteiger partial charge on any atom is 0.304 e. The topological polar surface area (TPSA) is 111 Å². The van der Waals surface area contributed by atoms with Crippen LogP contribution in [-0.4, -0.2) is 10.8 Å². The van der Waals surface area contributed by atoms with Gasteiger partial charge in [-0.2, -0.15) is 4.39 Å². The fraction of sp³-hybridized carbons (Fsp3) is 0.0833. The van der Waals surface area contributed by atoms with Crippen LogP contribution >= 0.6 is 0 Å². The highest BCUT2D eigenvalue weighted by atomic mass is 19.1.